The molecular weight excluding hydrogens is 232 g/mol. The molecule has 5 heteroatoms. The van der Waals surface area contributed by atoms with Gasteiger partial charge >= 0.3 is 5.97 Å². The predicted octanol–water partition coefficient (Wildman–Crippen LogP) is 1.36. The lowest BCUT2D eigenvalue weighted by Crippen LogP contribution is -2.56. The van der Waals surface area contributed by atoms with Gasteiger partial charge in [0.2, 0.25) is 5.91 Å². The first kappa shape index (κ1) is 15.0. The zero-order chi connectivity index (χ0) is 13.8. The van der Waals surface area contributed by atoms with Gasteiger partial charge in [-0.05, 0) is 26.2 Å². The zero-order valence-electron chi connectivity index (χ0n) is 11.3. The van der Waals surface area contributed by atoms with Crippen LogP contribution in [0.25, 0.3) is 0 Å². The molecule has 0 aromatic heterocycles. The Labute approximate surface area is 108 Å². The van der Waals surface area contributed by atoms with Crippen molar-refractivity contribution < 1.29 is 14.7 Å². The van der Waals surface area contributed by atoms with Gasteiger partial charge in [-0.15, -0.1) is 0 Å². The Morgan fingerprint density at radius 2 is 1.94 bits per heavy atom. The average molecular weight is 256 g/mol. The van der Waals surface area contributed by atoms with Crippen LogP contribution in [-0.2, 0) is 9.59 Å². The van der Waals surface area contributed by atoms with Crippen LogP contribution in [-0.4, -0.2) is 40.0 Å². The molecule has 0 saturated heterocycles. The van der Waals surface area contributed by atoms with Crippen LogP contribution in [0.5, 0.6) is 0 Å². The van der Waals surface area contributed by atoms with Gasteiger partial charge in [0.1, 0.15) is 6.54 Å². The molecule has 0 bridgehead atoms. The molecule has 18 heavy (non-hydrogen) atoms. The van der Waals surface area contributed by atoms with E-state index in [4.69, 9.17) is 10.8 Å². The summed E-state index contributed by atoms with van der Waals surface area (Å²) >= 11 is 0. The minimum atomic E-state index is -0.970. The van der Waals surface area contributed by atoms with Crippen LogP contribution in [0.1, 0.15) is 52.4 Å². The SMILES string of the molecule is CCCC(C)(N)C(=O)N(CC(=O)O)C1CCCC1. The van der Waals surface area contributed by atoms with E-state index >= 15 is 0 Å². The van der Waals surface area contributed by atoms with Crippen molar-refractivity contribution in [1.29, 1.82) is 0 Å². The van der Waals surface area contributed by atoms with Crippen molar-refractivity contribution in [3.63, 3.8) is 0 Å². The van der Waals surface area contributed by atoms with Crippen LogP contribution in [0.4, 0.5) is 0 Å². The third kappa shape index (κ3) is 3.70. The molecule has 1 saturated carbocycles. The lowest BCUT2D eigenvalue weighted by Gasteiger charge is -2.34. The summed E-state index contributed by atoms with van der Waals surface area (Å²) in [5.41, 5.74) is 5.08. The van der Waals surface area contributed by atoms with Gasteiger partial charge in [0, 0.05) is 6.04 Å². The van der Waals surface area contributed by atoms with E-state index in [0.717, 1.165) is 32.1 Å². The summed E-state index contributed by atoms with van der Waals surface area (Å²) in [6.45, 7) is 3.43. The van der Waals surface area contributed by atoms with Gasteiger partial charge in [0.05, 0.1) is 5.54 Å². The van der Waals surface area contributed by atoms with Crippen LogP contribution >= 0.6 is 0 Å². The van der Waals surface area contributed by atoms with Crippen molar-refractivity contribution in [2.24, 2.45) is 5.73 Å². The smallest absolute Gasteiger partial charge is 0.323 e. The van der Waals surface area contributed by atoms with Crippen LogP contribution in [0.2, 0.25) is 0 Å². The molecule has 104 valence electrons. The Balaban J connectivity index is 2.81. The van der Waals surface area contributed by atoms with Crippen LogP contribution < -0.4 is 5.73 Å². The number of aliphatic carboxylic acids is 1. The monoisotopic (exact) mass is 256 g/mol. The molecule has 1 aliphatic carbocycles. The minimum absolute atomic E-state index is 0.0494. The van der Waals surface area contributed by atoms with Crippen molar-refractivity contribution in [3.05, 3.63) is 0 Å². The first-order valence-corrected chi connectivity index (χ1v) is 6.70. The Morgan fingerprint density at radius 3 is 2.39 bits per heavy atom. The summed E-state index contributed by atoms with van der Waals surface area (Å²) in [6, 6.07) is 0.0494. The summed E-state index contributed by atoms with van der Waals surface area (Å²) < 4.78 is 0. The molecule has 0 aromatic carbocycles. The maximum Gasteiger partial charge on any atom is 0.323 e. The van der Waals surface area contributed by atoms with Crippen LogP contribution in [0, 0.1) is 0 Å². The maximum absolute atomic E-state index is 12.4. The standard InChI is InChI=1S/C13H24N2O3/c1-3-8-13(2,14)12(18)15(9-11(16)17)10-6-4-5-7-10/h10H,3-9,14H2,1-2H3,(H,16,17). The van der Waals surface area contributed by atoms with Crippen molar-refractivity contribution in [1.82, 2.24) is 4.90 Å². The average Bonchev–Trinajstić information content (AvgIpc) is 2.77. The third-order valence-corrected chi connectivity index (χ3v) is 3.59. The van der Waals surface area contributed by atoms with E-state index in [-0.39, 0.29) is 18.5 Å². The van der Waals surface area contributed by atoms with E-state index in [9.17, 15) is 9.59 Å². The normalized spacial score (nSPS) is 19.5. The van der Waals surface area contributed by atoms with E-state index in [0.29, 0.717) is 6.42 Å². The minimum Gasteiger partial charge on any atom is -0.480 e. The Kier molecular flexibility index (Phi) is 5.14. The number of amides is 1. The quantitative estimate of drug-likeness (QED) is 0.751. The molecule has 0 radical (unpaired) electrons. The van der Waals surface area contributed by atoms with Crippen molar-refractivity contribution in [2.75, 3.05) is 6.54 Å². The predicted molar refractivity (Wildman–Crippen MR) is 69.1 cm³/mol. The Morgan fingerprint density at radius 1 is 1.39 bits per heavy atom. The number of carboxylic acids is 1. The summed E-state index contributed by atoms with van der Waals surface area (Å²) in [4.78, 5) is 24.8. The number of carbonyl (C=O) groups excluding carboxylic acids is 1. The summed E-state index contributed by atoms with van der Waals surface area (Å²) in [7, 11) is 0. The van der Waals surface area contributed by atoms with E-state index in [1.165, 1.54) is 4.90 Å². The highest BCUT2D eigenvalue weighted by molar-refractivity contribution is 5.88. The molecule has 0 aromatic rings. The van der Waals surface area contributed by atoms with Crippen LogP contribution in [0.15, 0.2) is 0 Å². The highest BCUT2D eigenvalue weighted by atomic mass is 16.4. The highest BCUT2D eigenvalue weighted by Crippen LogP contribution is 2.26. The number of carbonyl (C=O) groups is 2. The lowest BCUT2D eigenvalue weighted by atomic mass is 9.94. The van der Waals surface area contributed by atoms with E-state index in [1.54, 1.807) is 6.92 Å². The maximum atomic E-state index is 12.4. The molecule has 0 aliphatic heterocycles. The fraction of sp³-hybridized carbons (Fsp3) is 0.846. The zero-order valence-corrected chi connectivity index (χ0v) is 11.3. The molecule has 0 heterocycles. The lowest BCUT2D eigenvalue weighted by molar-refractivity contribution is -0.148. The van der Waals surface area contributed by atoms with Crippen molar-refractivity contribution in [2.45, 2.75) is 64.0 Å². The Bertz CT molecular complexity index is 309. The number of nitrogens with two attached hydrogens (primary N) is 1. The molecule has 1 atom stereocenters. The van der Waals surface area contributed by atoms with E-state index in [2.05, 4.69) is 0 Å². The number of nitrogens with zero attached hydrogens (tertiary/aromatic N) is 1. The molecular formula is C13H24N2O3. The van der Waals surface area contributed by atoms with Gasteiger partial charge in [-0.25, -0.2) is 0 Å². The van der Waals surface area contributed by atoms with Crippen LogP contribution in [0.3, 0.4) is 0 Å². The van der Waals surface area contributed by atoms with Gasteiger partial charge in [0.15, 0.2) is 0 Å². The topological polar surface area (TPSA) is 83.6 Å². The molecule has 1 rings (SSSR count). The second kappa shape index (κ2) is 6.18. The first-order valence-electron chi connectivity index (χ1n) is 6.70. The fourth-order valence-electron chi connectivity index (χ4n) is 2.68. The molecule has 0 spiro atoms. The number of hydrogen-bond donors (Lipinski definition) is 2. The number of carboxylic acid groups (broad SMARTS) is 1. The second-order valence-corrected chi connectivity index (χ2v) is 5.43. The second-order valence-electron chi connectivity index (χ2n) is 5.43. The summed E-state index contributed by atoms with van der Waals surface area (Å²) in [5.74, 6) is -1.19. The van der Waals surface area contributed by atoms with Gasteiger partial charge in [-0.1, -0.05) is 26.2 Å². The van der Waals surface area contributed by atoms with Gasteiger partial charge in [-0.2, -0.15) is 0 Å². The van der Waals surface area contributed by atoms with Crippen molar-refractivity contribution >= 4 is 11.9 Å². The number of hydrogen-bond acceptors (Lipinski definition) is 3. The Hall–Kier alpha value is -1.10. The summed E-state index contributed by atoms with van der Waals surface area (Å²) in [5, 5.41) is 8.95. The van der Waals surface area contributed by atoms with Crippen molar-refractivity contribution in [3.8, 4) is 0 Å². The summed E-state index contributed by atoms with van der Waals surface area (Å²) in [6.07, 6.45) is 5.29. The molecule has 1 fully saturated rings. The molecule has 1 aliphatic rings. The number of rotatable bonds is 6. The van der Waals surface area contributed by atoms with E-state index < -0.39 is 11.5 Å². The largest absolute Gasteiger partial charge is 0.480 e. The van der Waals surface area contributed by atoms with Gasteiger partial charge < -0.3 is 15.7 Å². The first-order chi connectivity index (χ1) is 8.38. The van der Waals surface area contributed by atoms with Gasteiger partial charge in [-0.3, -0.25) is 9.59 Å². The molecule has 1 amide bonds. The highest BCUT2D eigenvalue weighted by Gasteiger charge is 2.37. The third-order valence-electron chi connectivity index (χ3n) is 3.59. The molecule has 5 nitrogen and oxygen atoms in total. The van der Waals surface area contributed by atoms with Gasteiger partial charge in [0.25, 0.3) is 0 Å². The molecule has 1 unspecified atom stereocenters. The molecule has 3 N–H and O–H groups in total. The fourth-order valence-corrected chi connectivity index (χ4v) is 2.68. The van der Waals surface area contributed by atoms with E-state index in [1.807, 2.05) is 6.92 Å².